The Balaban J connectivity index is 2.44. The molecule has 1 aromatic carbocycles. The summed E-state index contributed by atoms with van der Waals surface area (Å²) < 4.78 is 37.6. The molecule has 1 heterocycles. The average Bonchev–Trinajstić information content (AvgIpc) is 2.50. The van der Waals surface area contributed by atoms with Gasteiger partial charge >= 0.3 is 6.18 Å². The van der Waals surface area contributed by atoms with E-state index < -0.39 is 12.0 Å². The van der Waals surface area contributed by atoms with Crippen molar-refractivity contribution in [3.63, 3.8) is 0 Å². The largest absolute Gasteiger partial charge is 0.454 e. The van der Waals surface area contributed by atoms with E-state index in [1.807, 2.05) is 0 Å². The lowest BCUT2D eigenvalue weighted by atomic mass is 10.1. The number of aromatic nitrogens is 1. The number of alkyl halides is 3. The molecule has 0 unspecified atom stereocenters. The molecule has 3 nitrogen and oxygen atoms in total. The topological polar surface area (TPSA) is 42.0 Å². The second-order valence-electron chi connectivity index (χ2n) is 4.75. The van der Waals surface area contributed by atoms with Crippen LogP contribution in [0.3, 0.4) is 0 Å². The monoisotopic (exact) mass is 340 g/mol. The zero-order valence-corrected chi connectivity index (χ0v) is 12.7. The minimum absolute atomic E-state index is 0.00853. The minimum Gasteiger partial charge on any atom is -0.355 e. The van der Waals surface area contributed by atoms with E-state index >= 15 is 0 Å². The summed E-state index contributed by atoms with van der Waals surface area (Å²) in [5.41, 5.74) is 1.61. The number of halogens is 4. The molecular weight excluding hydrogens is 329 g/mol. The van der Waals surface area contributed by atoms with E-state index in [1.54, 1.807) is 37.3 Å². The standard InChI is InChI=1S/C16H12ClF3N2O/c1-10-4-5-12(17)7-13(10)22-14(8-15(23)16(18,19)20)11-3-2-6-21-9-11/h2-9,22H,1H3/b14-8-. The molecule has 0 fully saturated rings. The Labute approximate surface area is 135 Å². The van der Waals surface area contributed by atoms with Crippen LogP contribution in [0.5, 0.6) is 0 Å². The number of hydrogen-bond acceptors (Lipinski definition) is 3. The molecule has 0 saturated carbocycles. The number of ketones is 1. The first kappa shape index (κ1) is 17.0. The highest BCUT2D eigenvalue weighted by Crippen LogP contribution is 2.26. The normalized spacial score (nSPS) is 12.1. The van der Waals surface area contributed by atoms with Crippen LogP contribution in [0.25, 0.3) is 5.70 Å². The number of carbonyl (C=O) groups is 1. The first-order valence-electron chi connectivity index (χ1n) is 6.54. The molecule has 0 radical (unpaired) electrons. The molecule has 0 bridgehead atoms. The third kappa shape index (κ3) is 4.56. The third-order valence-electron chi connectivity index (χ3n) is 3.00. The van der Waals surface area contributed by atoms with Crippen LogP contribution in [0.1, 0.15) is 11.1 Å². The van der Waals surface area contributed by atoms with Crippen LogP contribution >= 0.6 is 11.6 Å². The summed E-state index contributed by atoms with van der Waals surface area (Å²) in [5.74, 6) is -1.96. The number of allylic oxidation sites excluding steroid dienone is 1. The van der Waals surface area contributed by atoms with Gasteiger partial charge in [0.15, 0.2) is 0 Å². The van der Waals surface area contributed by atoms with Gasteiger partial charge < -0.3 is 5.32 Å². The summed E-state index contributed by atoms with van der Waals surface area (Å²) in [5, 5.41) is 3.25. The maximum absolute atomic E-state index is 12.5. The van der Waals surface area contributed by atoms with Crippen LogP contribution in [0.2, 0.25) is 5.02 Å². The second-order valence-corrected chi connectivity index (χ2v) is 5.18. The van der Waals surface area contributed by atoms with Crippen molar-refractivity contribution in [2.24, 2.45) is 0 Å². The molecule has 0 atom stereocenters. The Morgan fingerprint density at radius 3 is 2.65 bits per heavy atom. The van der Waals surface area contributed by atoms with E-state index in [-0.39, 0.29) is 5.70 Å². The zero-order chi connectivity index (χ0) is 17.0. The molecule has 0 spiro atoms. The van der Waals surface area contributed by atoms with Crippen LogP contribution in [0.15, 0.2) is 48.8 Å². The van der Waals surface area contributed by atoms with E-state index in [4.69, 9.17) is 11.6 Å². The van der Waals surface area contributed by atoms with Crippen LogP contribution in [-0.4, -0.2) is 16.9 Å². The van der Waals surface area contributed by atoms with Crippen LogP contribution in [-0.2, 0) is 4.79 Å². The number of nitrogens with zero attached hydrogens (tertiary/aromatic N) is 1. The van der Waals surface area contributed by atoms with Crippen LogP contribution in [0.4, 0.5) is 18.9 Å². The average molecular weight is 341 g/mol. The van der Waals surface area contributed by atoms with E-state index in [1.165, 1.54) is 12.4 Å². The first-order valence-corrected chi connectivity index (χ1v) is 6.91. The van der Waals surface area contributed by atoms with Gasteiger partial charge in [-0.05, 0) is 36.8 Å². The van der Waals surface area contributed by atoms with E-state index in [0.29, 0.717) is 22.3 Å². The predicted octanol–water partition coefficient (Wildman–Crippen LogP) is 4.63. The lowest BCUT2D eigenvalue weighted by molar-refractivity contribution is -0.165. The lowest BCUT2D eigenvalue weighted by Gasteiger charge is -2.14. The SMILES string of the molecule is Cc1ccc(Cl)cc1N/C(=C\C(=O)C(F)(F)F)c1cccnc1. The maximum Gasteiger partial charge on any atom is 0.454 e. The van der Waals surface area contributed by atoms with Gasteiger partial charge in [-0.2, -0.15) is 13.2 Å². The van der Waals surface area contributed by atoms with E-state index in [2.05, 4.69) is 10.3 Å². The van der Waals surface area contributed by atoms with Gasteiger partial charge in [0, 0.05) is 34.7 Å². The van der Waals surface area contributed by atoms with Crippen molar-refractivity contribution in [3.05, 3.63) is 65.0 Å². The Bertz CT molecular complexity index is 743. The lowest BCUT2D eigenvalue weighted by Crippen LogP contribution is -2.21. The molecule has 7 heteroatoms. The third-order valence-corrected chi connectivity index (χ3v) is 3.23. The Morgan fingerprint density at radius 1 is 1.30 bits per heavy atom. The van der Waals surface area contributed by atoms with Gasteiger partial charge in [0.2, 0.25) is 0 Å². The molecule has 0 aliphatic rings. The highest BCUT2D eigenvalue weighted by Gasteiger charge is 2.37. The molecule has 120 valence electrons. The number of anilines is 1. The van der Waals surface area contributed by atoms with Gasteiger partial charge in [0.1, 0.15) is 0 Å². The summed E-state index contributed by atoms with van der Waals surface area (Å²) in [6.45, 7) is 1.77. The summed E-state index contributed by atoms with van der Waals surface area (Å²) in [6.07, 6.45) is -1.59. The number of rotatable bonds is 4. The van der Waals surface area contributed by atoms with Crippen molar-refractivity contribution in [1.29, 1.82) is 0 Å². The summed E-state index contributed by atoms with van der Waals surface area (Å²) >= 11 is 5.91. The van der Waals surface area contributed by atoms with Gasteiger partial charge in [-0.1, -0.05) is 17.7 Å². The van der Waals surface area contributed by atoms with Gasteiger partial charge in [0.05, 0.1) is 5.70 Å². The van der Waals surface area contributed by atoms with Crippen LogP contribution < -0.4 is 5.32 Å². The Hall–Kier alpha value is -2.34. The molecule has 0 saturated heterocycles. The van der Waals surface area contributed by atoms with Crippen molar-refractivity contribution in [2.75, 3.05) is 5.32 Å². The highest BCUT2D eigenvalue weighted by molar-refractivity contribution is 6.30. The predicted molar refractivity (Wildman–Crippen MR) is 83.1 cm³/mol. The highest BCUT2D eigenvalue weighted by atomic mass is 35.5. The Kier molecular flexibility index (Phi) is 5.05. The van der Waals surface area contributed by atoms with Crippen molar-refractivity contribution in [3.8, 4) is 0 Å². The zero-order valence-electron chi connectivity index (χ0n) is 12.0. The fraction of sp³-hybridized carbons (Fsp3) is 0.125. The summed E-state index contributed by atoms with van der Waals surface area (Å²) in [6, 6.07) is 8.07. The number of nitrogens with one attached hydrogen (secondary N) is 1. The minimum atomic E-state index is -4.95. The Morgan fingerprint density at radius 2 is 2.04 bits per heavy atom. The number of hydrogen-bond donors (Lipinski definition) is 1. The molecule has 0 aliphatic heterocycles. The van der Waals surface area contributed by atoms with Crippen molar-refractivity contribution < 1.29 is 18.0 Å². The quantitative estimate of drug-likeness (QED) is 0.825. The molecule has 23 heavy (non-hydrogen) atoms. The summed E-state index contributed by atoms with van der Waals surface area (Å²) in [7, 11) is 0. The van der Waals surface area contributed by atoms with Crippen molar-refractivity contribution >= 4 is 28.8 Å². The van der Waals surface area contributed by atoms with Gasteiger partial charge in [-0.25, -0.2) is 0 Å². The van der Waals surface area contributed by atoms with Crippen LogP contribution in [0, 0.1) is 6.92 Å². The first-order chi connectivity index (χ1) is 10.8. The summed E-state index contributed by atoms with van der Waals surface area (Å²) in [4.78, 5) is 15.2. The molecule has 2 rings (SSSR count). The van der Waals surface area contributed by atoms with E-state index in [0.717, 1.165) is 5.56 Å². The fourth-order valence-corrected chi connectivity index (χ4v) is 1.97. The number of pyridine rings is 1. The molecule has 0 aliphatic carbocycles. The number of carbonyl (C=O) groups excluding carboxylic acids is 1. The van der Waals surface area contributed by atoms with Crippen molar-refractivity contribution in [2.45, 2.75) is 13.1 Å². The van der Waals surface area contributed by atoms with Crippen molar-refractivity contribution in [1.82, 2.24) is 4.98 Å². The fourth-order valence-electron chi connectivity index (χ4n) is 1.80. The van der Waals surface area contributed by atoms with Gasteiger partial charge in [-0.15, -0.1) is 0 Å². The molecule has 1 N–H and O–H groups in total. The van der Waals surface area contributed by atoms with E-state index in [9.17, 15) is 18.0 Å². The molecule has 2 aromatic rings. The second kappa shape index (κ2) is 6.83. The maximum atomic E-state index is 12.5. The smallest absolute Gasteiger partial charge is 0.355 e. The molecule has 1 aromatic heterocycles. The molecular formula is C16H12ClF3N2O. The number of aryl methyl sites for hydroxylation is 1. The van der Waals surface area contributed by atoms with Gasteiger partial charge in [-0.3, -0.25) is 9.78 Å². The number of benzene rings is 1. The van der Waals surface area contributed by atoms with Gasteiger partial charge in [0.25, 0.3) is 5.78 Å². The molecule has 0 amide bonds.